The fourth-order valence-electron chi connectivity index (χ4n) is 1.18. The summed E-state index contributed by atoms with van der Waals surface area (Å²) in [6.45, 7) is 0. The number of aromatic nitrogens is 1. The summed E-state index contributed by atoms with van der Waals surface area (Å²) in [6.07, 6.45) is 0. The molecule has 64 valence electrons. The van der Waals surface area contributed by atoms with E-state index in [4.69, 9.17) is 11.6 Å². The third-order valence-corrected chi connectivity index (χ3v) is 1.97. The van der Waals surface area contributed by atoms with Crippen molar-refractivity contribution >= 4 is 28.2 Å². The Bertz CT molecular complexity index is 470. The molecule has 0 saturated heterocycles. The Kier molecular flexibility index (Phi) is 1.94. The highest BCUT2D eigenvalue weighted by molar-refractivity contribution is 6.29. The number of halogens is 1. The van der Waals surface area contributed by atoms with Crippen molar-refractivity contribution in [1.29, 1.82) is 0 Å². The van der Waals surface area contributed by atoms with Gasteiger partial charge in [0, 0.05) is 5.39 Å². The van der Waals surface area contributed by atoms with E-state index in [2.05, 4.69) is 10.2 Å². The number of hydrogen-bond acceptors (Lipinski definition) is 3. The molecule has 4 heteroatoms. The van der Waals surface area contributed by atoms with E-state index in [-0.39, 0.29) is 0 Å². The predicted molar refractivity (Wildman–Crippen MR) is 52.2 cm³/mol. The molecular weight excluding hydrogens is 188 g/mol. The molecule has 0 unspecified atom stereocenters. The molecule has 1 heterocycles. The van der Waals surface area contributed by atoms with E-state index >= 15 is 0 Å². The second-order valence-corrected chi connectivity index (χ2v) is 2.96. The highest BCUT2D eigenvalue weighted by Gasteiger charge is 2.02. The normalized spacial score (nSPS) is 10.2. The second kappa shape index (κ2) is 3.11. The Morgan fingerprint density at radius 3 is 2.85 bits per heavy atom. The van der Waals surface area contributed by atoms with E-state index in [0.29, 0.717) is 16.4 Å². The third-order valence-electron chi connectivity index (χ3n) is 1.76. The first-order valence-electron chi connectivity index (χ1n) is 3.70. The van der Waals surface area contributed by atoms with E-state index in [0.717, 1.165) is 5.39 Å². The lowest BCUT2D eigenvalue weighted by Crippen LogP contribution is -1.79. The number of nitrogens with zero attached hydrogens (tertiary/aromatic N) is 2. The van der Waals surface area contributed by atoms with Gasteiger partial charge in [0.25, 0.3) is 0 Å². The molecule has 1 aromatic carbocycles. The van der Waals surface area contributed by atoms with Gasteiger partial charge in [-0.05, 0) is 23.4 Å². The fraction of sp³-hybridized carbons (Fsp3) is 0. The van der Waals surface area contributed by atoms with E-state index in [9.17, 15) is 4.91 Å². The summed E-state index contributed by atoms with van der Waals surface area (Å²) in [5.41, 5.74) is 0.866. The molecule has 0 bridgehead atoms. The number of pyridine rings is 1. The molecule has 13 heavy (non-hydrogen) atoms. The molecule has 0 N–H and O–H groups in total. The minimum Gasteiger partial charge on any atom is -0.234 e. The molecule has 0 amide bonds. The molecular formula is C9H5ClN2O. The maximum atomic E-state index is 10.4. The van der Waals surface area contributed by atoms with Crippen LogP contribution in [0.25, 0.3) is 10.9 Å². The molecule has 0 aliphatic carbocycles. The Hall–Kier alpha value is -1.48. The largest absolute Gasteiger partial charge is 0.234 e. The van der Waals surface area contributed by atoms with Crippen molar-refractivity contribution in [1.82, 2.24) is 4.98 Å². The van der Waals surface area contributed by atoms with Crippen molar-refractivity contribution in [2.45, 2.75) is 0 Å². The molecule has 0 saturated carbocycles. The highest BCUT2D eigenvalue weighted by Crippen LogP contribution is 2.24. The number of hydrogen-bond donors (Lipinski definition) is 0. The first-order valence-corrected chi connectivity index (χ1v) is 4.08. The zero-order valence-corrected chi connectivity index (χ0v) is 7.32. The summed E-state index contributed by atoms with van der Waals surface area (Å²) in [4.78, 5) is 14.4. The van der Waals surface area contributed by atoms with Gasteiger partial charge < -0.3 is 0 Å². The minimum absolute atomic E-state index is 0.319. The van der Waals surface area contributed by atoms with E-state index in [1.165, 1.54) is 0 Å². The molecule has 1 aromatic heterocycles. The monoisotopic (exact) mass is 192 g/mol. The molecule has 0 aliphatic rings. The Labute approximate surface area is 79.3 Å². The Morgan fingerprint density at radius 2 is 2.08 bits per heavy atom. The first kappa shape index (κ1) is 8.13. The average Bonchev–Trinajstić information content (AvgIpc) is 2.17. The standard InChI is InChI=1S/C9H5ClN2O/c10-8-5-4-6-2-1-3-7(12-13)9(6)11-8/h1-5H. The predicted octanol–water partition coefficient (Wildman–Crippen LogP) is 3.29. The summed E-state index contributed by atoms with van der Waals surface area (Å²) in [6, 6.07) is 8.71. The number of rotatable bonds is 1. The van der Waals surface area contributed by atoms with Crippen LogP contribution in [0.15, 0.2) is 35.5 Å². The smallest absolute Gasteiger partial charge is 0.134 e. The summed E-state index contributed by atoms with van der Waals surface area (Å²) >= 11 is 5.69. The van der Waals surface area contributed by atoms with Crippen LogP contribution in [0.3, 0.4) is 0 Å². The van der Waals surface area contributed by atoms with E-state index < -0.39 is 0 Å². The molecule has 0 atom stereocenters. The van der Waals surface area contributed by atoms with Gasteiger partial charge in [0.15, 0.2) is 0 Å². The van der Waals surface area contributed by atoms with Crippen LogP contribution in [0.4, 0.5) is 5.69 Å². The summed E-state index contributed by atoms with van der Waals surface area (Å²) in [5.74, 6) is 0. The van der Waals surface area contributed by atoms with E-state index in [1.807, 2.05) is 6.07 Å². The van der Waals surface area contributed by atoms with Gasteiger partial charge in [-0.25, -0.2) is 4.98 Å². The quantitative estimate of drug-likeness (QED) is 0.514. The van der Waals surface area contributed by atoms with Crippen molar-refractivity contribution in [3.05, 3.63) is 40.4 Å². The molecule has 3 nitrogen and oxygen atoms in total. The van der Waals surface area contributed by atoms with Gasteiger partial charge in [-0.15, -0.1) is 4.91 Å². The molecule has 2 aromatic rings. The van der Waals surface area contributed by atoms with Crippen molar-refractivity contribution in [3.63, 3.8) is 0 Å². The van der Waals surface area contributed by atoms with Crippen molar-refractivity contribution in [3.8, 4) is 0 Å². The SMILES string of the molecule is O=Nc1cccc2ccc(Cl)nc12. The van der Waals surface area contributed by atoms with Gasteiger partial charge >= 0.3 is 0 Å². The van der Waals surface area contributed by atoms with Gasteiger partial charge in [-0.3, -0.25) is 0 Å². The van der Waals surface area contributed by atoms with Gasteiger partial charge in [0.05, 0.1) is 0 Å². The maximum absolute atomic E-state index is 10.4. The van der Waals surface area contributed by atoms with Crippen molar-refractivity contribution in [2.24, 2.45) is 5.18 Å². The highest BCUT2D eigenvalue weighted by atomic mass is 35.5. The van der Waals surface area contributed by atoms with Crippen LogP contribution in [-0.4, -0.2) is 4.98 Å². The second-order valence-electron chi connectivity index (χ2n) is 2.57. The summed E-state index contributed by atoms with van der Waals surface area (Å²) in [5, 5.41) is 4.10. The van der Waals surface area contributed by atoms with Crippen molar-refractivity contribution < 1.29 is 0 Å². The van der Waals surface area contributed by atoms with Crippen LogP contribution >= 0.6 is 11.6 Å². The van der Waals surface area contributed by atoms with Crippen LogP contribution in [0.1, 0.15) is 0 Å². The average molecular weight is 193 g/mol. The van der Waals surface area contributed by atoms with Gasteiger partial charge in [-0.2, -0.15) is 0 Å². The Morgan fingerprint density at radius 1 is 1.23 bits per heavy atom. The number of nitroso groups, excluding NO2 is 1. The van der Waals surface area contributed by atoms with Gasteiger partial charge in [-0.1, -0.05) is 23.7 Å². The summed E-state index contributed by atoms with van der Waals surface area (Å²) < 4.78 is 0. The zero-order chi connectivity index (χ0) is 9.26. The van der Waals surface area contributed by atoms with Gasteiger partial charge in [0.2, 0.25) is 0 Å². The number of benzene rings is 1. The van der Waals surface area contributed by atoms with Crippen LogP contribution in [0.2, 0.25) is 5.15 Å². The van der Waals surface area contributed by atoms with Crippen LogP contribution in [0, 0.1) is 4.91 Å². The summed E-state index contributed by atoms with van der Waals surface area (Å²) in [7, 11) is 0. The molecule has 0 spiro atoms. The number of para-hydroxylation sites is 1. The lowest BCUT2D eigenvalue weighted by Gasteiger charge is -1.98. The van der Waals surface area contributed by atoms with Crippen LogP contribution in [-0.2, 0) is 0 Å². The lowest BCUT2D eigenvalue weighted by atomic mass is 10.2. The molecule has 0 radical (unpaired) electrons. The van der Waals surface area contributed by atoms with Crippen LogP contribution < -0.4 is 0 Å². The van der Waals surface area contributed by atoms with Crippen molar-refractivity contribution in [2.75, 3.05) is 0 Å². The topological polar surface area (TPSA) is 42.3 Å². The maximum Gasteiger partial charge on any atom is 0.134 e. The number of fused-ring (bicyclic) bond motifs is 1. The minimum atomic E-state index is 0.319. The lowest BCUT2D eigenvalue weighted by molar-refractivity contribution is 1.39. The molecule has 0 fully saturated rings. The van der Waals surface area contributed by atoms with Crippen LogP contribution in [0.5, 0.6) is 0 Å². The Balaban J connectivity index is 2.86. The fourth-order valence-corrected chi connectivity index (χ4v) is 1.33. The van der Waals surface area contributed by atoms with Gasteiger partial charge in [0.1, 0.15) is 16.4 Å². The first-order chi connectivity index (χ1) is 6.31. The molecule has 0 aliphatic heterocycles. The van der Waals surface area contributed by atoms with E-state index in [1.54, 1.807) is 24.3 Å². The zero-order valence-electron chi connectivity index (χ0n) is 6.57. The third kappa shape index (κ3) is 1.38. The molecule has 2 rings (SSSR count).